The molecule has 152 valence electrons. The van der Waals surface area contributed by atoms with E-state index in [9.17, 15) is 9.59 Å². The van der Waals surface area contributed by atoms with E-state index >= 15 is 0 Å². The van der Waals surface area contributed by atoms with Gasteiger partial charge in [-0.15, -0.1) is 0 Å². The Bertz CT molecular complexity index is 880. The topological polar surface area (TPSA) is 99.1 Å². The SMILES string of the molecule is O=C(O)/C=C/C(=O)O.c1ccc(N2CCOc3cc4c(cc32)CCNCC4)cc1. The second kappa shape index (κ2) is 9.75. The minimum absolute atomic E-state index is 0.558. The van der Waals surface area contributed by atoms with Gasteiger partial charge in [0.2, 0.25) is 0 Å². The molecular weight excluding hydrogens is 372 g/mol. The lowest BCUT2D eigenvalue weighted by atomic mass is 10.00. The number of rotatable bonds is 3. The summed E-state index contributed by atoms with van der Waals surface area (Å²) >= 11 is 0. The first-order valence-electron chi connectivity index (χ1n) is 9.50. The number of carboxylic acid groups (broad SMARTS) is 2. The standard InChI is InChI=1S/C18H20N2O.C4H4O4/c1-2-4-16(5-3-1)20-10-11-21-18-13-15-7-9-19-8-6-14(15)12-17(18)20;5-3(6)1-2-4(7)8/h1-5,12-13,19H,6-11H2;1-2H,(H,5,6)(H,7,8)/b;2-1+. The molecule has 0 aliphatic carbocycles. The third-order valence-electron chi connectivity index (χ3n) is 4.72. The predicted molar refractivity (Wildman–Crippen MR) is 110 cm³/mol. The lowest BCUT2D eigenvalue weighted by Crippen LogP contribution is -2.28. The Labute approximate surface area is 169 Å². The lowest BCUT2D eigenvalue weighted by Gasteiger charge is -2.32. The average Bonchev–Trinajstić information content (AvgIpc) is 2.96. The smallest absolute Gasteiger partial charge is 0.328 e. The van der Waals surface area contributed by atoms with Crippen molar-refractivity contribution >= 4 is 23.3 Å². The molecule has 4 rings (SSSR count). The van der Waals surface area contributed by atoms with Crippen molar-refractivity contribution in [3.63, 3.8) is 0 Å². The molecule has 2 heterocycles. The van der Waals surface area contributed by atoms with Gasteiger partial charge in [-0.25, -0.2) is 9.59 Å². The highest BCUT2D eigenvalue weighted by atomic mass is 16.5. The molecular formula is C22H24N2O5. The number of aliphatic carboxylic acids is 2. The summed E-state index contributed by atoms with van der Waals surface area (Å²) in [6.45, 7) is 3.79. The number of nitrogens with one attached hydrogen (secondary N) is 1. The van der Waals surface area contributed by atoms with Crippen molar-refractivity contribution in [2.24, 2.45) is 0 Å². The number of ether oxygens (including phenoxy) is 1. The zero-order chi connectivity index (χ0) is 20.6. The minimum atomic E-state index is -1.26. The second-order valence-electron chi connectivity index (χ2n) is 6.68. The zero-order valence-corrected chi connectivity index (χ0v) is 16.0. The molecule has 0 fully saturated rings. The fourth-order valence-corrected chi connectivity index (χ4v) is 3.40. The Morgan fingerprint density at radius 2 is 1.59 bits per heavy atom. The van der Waals surface area contributed by atoms with E-state index in [1.807, 2.05) is 0 Å². The van der Waals surface area contributed by atoms with Crippen LogP contribution in [0.4, 0.5) is 11.4 Å². The van der Waals surface area contributed by atoms with Crippen LogP contribution in [0.5, 0.6) is 5.75 Å². The van der Waals surface area contributed by atoms with Gasteiger partial charge in [0.25, 0.3) is 0 Å². The van der Waals surface area contributed by atoms with Gasteiger partial charge in [-0.2, -0.15) is 0 Å². The first-order valence-corrected chi connectivity index (χ1v) is 9.50. The number of para-hydroxylation sites is 1. The van der Waals surface area contributed by atoms with Crippen LogP contribution < -0.4 is 15.0 Å². The molecule has 2 aromatic rings. The Hall–Kier alpha value is -3.32. The molecule has 2 aliphatic heterocycles. The minimum Gasteiger partial charge on any atom is -0.490 e. The van der Waals surface area contributed by atoms with E-state index in [2.05, 4.69) is 52.7 Å². The molecule has 7 heteroatoms. The number of fused-ring (bicyclic) bond motifs is 2. The van der Waals surface area contributed by atoms with Crippen LogP contribution in [0.2, 0.25) is 0 Å². The summed E-state index contributed by atoms with van der Waals surface area (Å²) in [6, 6.07) is 15.2. The van der Waals surface area contributed by atoms with Crippen LogP contribution in [0.1, 0.15) is 11.1 Å². The van der Waals surface area contributed by atoms with Crippen molar-refractivity contribution in [3.05, 3.63) is 65.7 Å². The van der Waals surface area contributed by atoms with Gasteiger partial charge in [0.1, 0.15) is 12.4 Å². The summed E-state index contributed by atoms with van der Waals surface area (Å²) in [7, 11) is 0. The monoisotopic (exact) mass is 396 g/mol. The molecule has 0 saturated heterocycles. The van der Waals surface area contributed by atoms with E-state index in [0.717, 1.165) is 44.8 Å². The van der Waals surface area contributed by atoms with Gasteiger partial charge >= 0.3 is 11.9 Å². The fourth-order valence-electron chi connectivity index (χ4n) is 3.40. The first-order chi connectivity index (χ1) is 14.0. The van der Waals surface area contributed by atoms with Crippen molar-refractivity contribution < 1.29 is 24.5 Å². The number of carboxylic acids is 2. The van der Waals surface area contributed by atoms with Gasteiger partial charge in [-0.1, -0.05) is 18.2 Å². The number of nitrogens with zero attached hydrogens (tertiary/aromatic N) is 1. The van der Waals surface area contributed by atoms with Crippen molar-refractivity contribution in [2.75, 3.05) is 31.1 Å². The number of anilines is 2. The van der Waals surface area contributed by atoms with E-state index in [0.29, 0.717) is 12.2 Å². The maximum Gasteiger partial charge on any atom is 0.328 e. The Morgan fingerprint density at radius 3 is 2.21 bits per heavy atom. The van der Waals surface area contributed by atoms with E-state index in [4.69, 9.17) is 14.9 Å². The fraction of sp³-hybridized carbons (Fsp3) is 0.273. The quantitative estimate of drug-likeness (QED) is 0.686. The second-order valence-corrected chi connectivity index (χ2v) is 6.68. The molecule has 0 atom stereocenters. The summed E-state index contributed by atoms with van der Waals surface area (Å²) in [6.07, 6.45) is 3.31. The molecule has 7 nitrogen and oxygen atoms in total. The van der Waals surface area contributed by atoms with Crippen molar-refractivity contribution in [2.45, 2.75) is 12.8 Å². The number of hydrogen-bond donors (Lipinski definition) is 3. The Kier molecular flexibility index (Phi) is 6.86. The van der Waals surface area contributed by atoms with Crippen molar-refractivity contribution in [3.8, 4) is 5.75 Å². The molecule has 0 aromatic heterocycles. The van der Waals surface area contributed by atoms with Crippen LogP contribution >= 0.6 is 0 Å². The van der Waals surface area contributed by atoms with Crippen LogP contribution in [-0.2, 0) is 22.4 Å². The van der Waals surface area contributed by atoms with Gasteiger partial charge < -0.3 is 25.2 Å². The Morgan fingerprint density at radius 1 is 0.966 bits per heavy atom. The molecule has 2 aromatic carbocycles. The van der Waals surface area contributed by atoms with Gasteiger partial charge in [0.05, 0.1) is 12.2 Å². The van der Waals surface area contributed by atoms with Gasteiger partial charge in [-0.05, 0) is 61.3 Å². The number of benzene rings is 2. The summed E-state index contributed by atoms with van der Waals surface area (Å²) in [5.41, 5.74) is 5.36. The third-order valence-corrected chi connectivity index (χ3v) is 4.72. The van der Waals surface area contributed by atoms with Gasteiger partial charge in [0.15, 0.2) is 0 Å². The highest BCUT2D eigenvalue weighted by molar-refractivity contribution is 5.89. The largest absolute Gasteiger partial charge is 0.490 e. The number of carbonyl (C=O) groups is 2. The van der Waals surface area contributed by atoms with E-state index in [-0.39, 0.29) is 0 Å². The van der Waals surface area contributed by atoms with E-state index in [1.54, 1.807) is 0 Å². The molecule has 0 spiro atoms. The van der Waals surface area contributed by atoms with E-state index in [1.165, 1.54) is 22.5 Å². The van der Waals surface area contributed by atoms with Crippen LogP contribution in [0, 0.1) is 0 Å². The molecule has 0 bridgehead atoms. The third kappa shape index (κ3) is 5.58. The van der Waals surface area contributed by atoms with Crippen LogP contribution in [0.15, 0.2) is 54.6 Å². The summed E-state index contributed by atoms with van der Waals surface area (Å²) < 4.78 is 5.92. The summed E-state index contributed by atoms with van der Waals surface area (Å²) in [5.74, 6) is -1.48. The van der Waals surface area contributed by atoms with Crippen LogP contribution in [-0.4, -0.2) is 48.4 Å². The Balaban J connectivity index is 0.000000258. The normalized spacial score (nSPS) is 15.2. The van der Waals surface area contributed by atoms with E-state index < -0.39 is 11.9 Å². The summed E-state index contributed by atoms with van der Waals surface area (Å²) in [5, 5.41) is 19.1. The summed E-state index contributed by atoms with van der Waals surface area (Å²) in [4.78, 5) is 21.5. The maximum atomic E-state index is 9.55. The molecule has 29 heavy (non-hydrogen) atoms. The predicted octanol–water partition coefficient (Wildman–Crippen LogP) is 2.62. The molecule has 0 amide bonds. The van der Waals surface area contributed by atoms with Crippen molar-refractivity contribution in [1.29, 1.82) is 0 Å². The molecule has 0 saturated carbocycles. The molecule has 3 N–H and O–H groups in total. The van der Waals surface area contributed by atoms with Gasteiger partial charge in [-0.3, -0.25) is 0 Å². The number of hydrogen-bond acceptors (Lipinski definition) is 5. The van der Waals surface area contributed by atoms with Crippen LogP contribution in [0.3, 0.4) is 0 Å². The highest BCUT2D eigenvalue weighted by Gasteiger charge is 2.22. The maximum absolute atomic E-state index is 9.55. The van der Waals surface area contributed by atoms with Crippen molar-refractivity contribution in [1.82, 2.24) is 5.32 Å². The lowest BCUT2D eigenvalue weighted by molar-refractivity contribution is -0.134. The molecule has 0 unspecified atom stereocenters. The van der Waals surface area contributed by atoms with Gasteiger partial charge in [0, 0.05) is 17.8 Å². The zero-order valence-electron chi connectivity index (χ0n) is 16.0. The highest BCUT2D eigenvalue weighted by Crippen LogP contribution is 2.39. The molecule has 0 radical (unpaired) electrons. The first kappa shape index (κ1) is 20.4. The van der Waals surface area contributed by atoms with Crippen LogP contribution in [0.25, 0.3) is 0 Å². The average molecular weight is 396 g/mol. The molecule has 2 aliphatic rings.